The minimum atomic E-state index is 0.364. The van der Waals surface area contributed by atoms with Gasteiger partial charge in [-0.05, 0) is 32.9 Å². The summed E-state index contributed by atoms with van der Waals surface area (Å²) in [6.45, 7) is 0.364. The van der Waals surface area contributed by atoms with Gasteiger partial charge in [-0.1, -0.05) is 6.42 Å². The van der Waals surface area contributed by atoms with Gasteiger partial charge in [0, 0.05) is 12.6 Å². The first-order valence-corrected chi connectivity index (χ1v) is 4.03. The maximum Gasteiger partial charge on any atom is 0.0474 e. The molecule has 0 aliphatic heterocycles. The van der Waals surface area contributed by atoms with Gasteiger partial charge in [0.15, 0.2) is 0 Å². The van der Waals surface area contributed by atoms with E-state index in [1.807, 2.05) is 0 Å². The highest BCUT2D eigenvalue weighted by Gasteiger charge is 2.27. The molecule has 10 heavy (non-hydrogen) atoms. The number of hydrogen-bond donors (Lipinski definition) is 1. The predicted octanol–water partition coefficient (Wildman–Crippen LogP) is 0.709. The normalized spacial score (nSPS) is 33.6. The van der Waals surface area contributed by atoms with Gasteiger partial charge in [-0.25, -0.2) is 0 Å². The van der Waals surface area contributed by atoms with E-state index in [1.165, 1.54) is 19.3 Å². The molecule has 2 atom stereocenters. The zero-order valence-corrected chi connectivity index (χ0v) is 6.88. The van der Waals surface area contributed by atoms with Crippen LogP contribution in [0, 0.1) is 5.92 Å². The summed E-state index contributed by atoms with van der Waals surface area (Å²) in [4.78, 5) is 2.23. The summed E-state index contributed by atoms with van der Waals surface area (Å²) in [6, 6.07) is 0.630. The van der Waals surface area contributed by atoms with Crippen molar-refractivity contribution in [1.29, 1.82) is 0 Å². The molecule has 0 bridgehead atoms. The van der Waals surface area contributed by atoms with Crippen molar-refractivity contribution in [2.75, 3.05) is 20.7 Å². The second-order valence-electron chi connectivity index (χ2n) is 3.40. The molecule has 1 N–H and O–H groups in total. The van der Waals surface area contributed by atoms with Crippen molar-refractivity contribution in [1.82, 2.24) is 4.90 Å². The lowest BCUT2D eigenvalue weighted by molar-refractivity contribution is 0.156. The van der Waals surface area contributed by atoms with Crippen molar-refractivity contribution in [3.63, 3.8) is 0 Å². The molecule has 0 aromatic rings. The molecular weight excluding hydrogens is 126 g/mol. The highest BCUT2D eigenvalue weighted by atomic mass is 16.3. The van der Waals surface area contributed by atoms with E-state index < -0.39 is 0 Å². The molecule has 1 saturated carbocycles. The van der Waals surface area contributed by atoms with Gasteiger partial charge in [-0.15, -0.1) is 0 Å². The Bertz CT molecular complexity index is 103. The molecule has 0 spiro atoms. The van der Waals surface area contributed by atoms with Crippen LogP contribution in [-0.4, -0.2) is 36.8 Å². The van der Waals surface area contributed by atoms with Crippen molar-refractivity contribution < 1.29 is 5.11 Å². The van der Waals surface area contributed by atoms with Crippen molar-refractivity contribution in [2.45, 2.75) is 25.3 Å². The number of rotatable bonds is 2. The van der Waals surface area contributed by atoms with E-state index >= 15 is 0 Å². The fraction of sp³-hybridized carbons (Fsp3) is 1.00. The van der Waals surface area contributed by atoms with Gasteiger partial charge in [-0.2, -0.15) is 0 Å². The first-order chi connectivity index (χ1) is 4.75. The first-order valence-electron chi connectivity index (χ1n) is 4.03. The smallest absolute Gasteiger partial charge is 0.0474 e. The maximum absolute atomic E-state index is 8.96. The van der Waals surface area contributed by atoms with Crippen LogP contribution in [0.3, 0.4) is 0 Å². The lowest BCUT2D eigenvalue weighted by Gasteiger charge is -2.24. The second-order valence-corrected chi connectivity index (χ2v) is 3.40. The highest BCUT2D eigenvalue weighted by molar-refractivity contribution is 4.81. The molecule has 0 aromatic heterocycles. The Labute approximate surface area is 62.8 Å². The molecule has 60 valence electrons. The molecule has 2 heteroatoms. The van der Waals surface area contributed by atoms with Gasteiger partial charge in [0.2, 0.25) is 0 Å². The third-order valence-electron chi connectivity index (χ3n) is 2.52. The Morgan fingerprint density at radius 3 is 2.50 bits per heavy atom. The first kappa shape index (κ1) is 8.02. The molecule has 0 aromatic carbocycles. The maximum atomic E-state index is 8.96. The van der Waals surface area contributed by atoms with E-state index in [9.17, 15) is 0 Å². The average Bonchev–Trinajstić information content (AvgIpc) is 2.33. The second kappa shape index (κ2) is 3.35. The molecule has 0 heterocycles. The van der Waals surface area contributed by atoms with E-state index in [0.717, 1.165) is 0 Å². The minimum absolute atomic E-state index is 0.364. The SMILES string of the molecule is CN(C)[C@H]1CCC[C@@H]1CO. The molecular formula is C8H17NO. The van der Waals surface area contributed by atoms with Gasteiger partial charge in [0.25, 0.3) is 0 Å². The van der Waals surface area contributed by atoms with Crippen LogP contribution in [0.25, 0.3) is 0 Å². The number of aliphatic hydroxyl groups excluding tert-OH is 1. The van der Waals surface area contributed by atoms with Crippen LogP contribution in [0.15, 0.2) is 0 Å². The summed E-state index contributed by atoms with van der Waals surface area (Å²) in [6.07, 6.45) is 3.76. The minimum Gasteiger partial charge on any atom is -0.396 e. The Balaban J connectivity index is 2.42. The zero-order valence-electron chi connectivity index (χ0n) is 6.88. The summed E-state index contributed by atoms with van der Waals surface area (Å²) in [5.74, 6) is 0.537. The Morgan fingerprint density at radius 2 is 2.10 bits per heavy atom. The largest absolute Gasteiger partial charge is 0.396 e. The summed E-state index contributed by atoms with van der Waals surface area (Å²) >= 11 is 0. The van der Waals surface area contributed by atoms with Crippen LogP contribution in [-0.2, 0) is 0 Å². The summed E-state index contributed by atoms with van der Waals surface area (Å²) < 4.78 is 0. The molecule has 1 aliphatic carbocycles. The monoisotopic (exact) mass is 143 g/mol. The van der Waals surface area contributed by atoms with Crippen LogP contribution in [0.2, 0.25) is 0 Å². The average molecular weight is 143 g/mol. The molecule has 1 rings (SSSR count). The van der Waals surface area contributed by atoms with Crippen LogP contribution in [0.4, 0.5) is 0 Å². The van der Waals surface area contributed by atoms with Crippen molar-refractivity contribution in [3.8, 4) is 0 Å². The third kappa shape index (κ3) is 1.50. The van der Waals surface area contributed by atoms with Gasteiger partial charge < -0.3 is 10.0 Å². The van der Waals surface area contributed by atoms with Gasteiger partial charge in [0.05, 0.1) is 0 Å². The van der Waals surface area contributed by atoms with Gasteiger partial charge in [0.1, 0.15) is 0 Å². The Morgan fingerprint density at radius 1 is 1.40 bits per heavy atom. The third-order valence-corrected chi connectivity index (χ3v) is 2.52. The number of nitrogens with zero attached hydrogens (tertiary/aromatic N) is 1. The van der Waals surface area contributed by atoms with Crippen molar-refractivity contribution in [3.05, 3.63) is 0 Å². The zero-order chi connectivity index (χ0) is 7.56. The van der Waals surface area contributed by atoms with Crippen LogP contribution < -0.4 is 0 Å². The highest BCUT2D eigenvalue weighted by Crippen LogP contribution is 2.27. The van der Waals surface area contributed by atoms with Crippen molar-refractivity contribution >= 4 is 0 Å². The van der Waals surface area contributed by atoms with Gasteiger partial charge >= 0.3 is 0 Å². The molecule has 0 radical (unpaired) electrons. The topological polar surface area (TPSA) is 23.5 Å². The Kier molecular flexibility index (Phi) is 2.69. The Hall–Kier alpha value is -0.0800. The lowest BCUT2D eigenvalue weighted by atomic mass is 10.0. The number of hydrogen-bond acceptors (Lipinski definition) is 2. The van der Waals surface area contributed by atoms with Crippen LogP contribution in [0.5, 0.6) is 0 Å². The molecule has 0 saturated heterocycles. The van der Waals surface area contributed by atoms with E-state index in [4.69, 9.17) is 5.11 Å². The summed E-state index contributed by atoms with van der Waals surface area (Å²) in [5.41, 5.74) is 0. The lowest BCUT2D eigenvalue weighted by Crippen LogP contribution is -2.32. The standard InChI is InChI=1S/C8H17NO/c1-9(2)8-5-3-4-7(8)6-10/h7-8,10H,3-6H2,1-2H3/t7-,8+/m1/s1. The molecule has 1 fully saturated rings. The molecule has 1 aliphatic rings. The van der Waals surface area contributed by atoms with E-state index in [0.29, 0.717) is 18.6 Å². The molecule has 2 nitrogen and oxygen atoms in total. The van der Waals surface area contributed by atoms with E-state index in [2.05, 4.69) is 19.0 Å². The predicted molar refractivity (Wildman–Crippen MR) is 41.9 cm³/mol. The molecule has 0 amide bonds. The van der Waals surface area contributed by atoms with Crippen LogP contribution in [0.1, 0.15) is 19.3 Å². The molecule has 0 unspecified atom stereocenters. The fourth-order valence-electron chi connectivity index (χ4n) is 1.91. The van der Waals surface area contributed by atoms with Gasteiger partial charge in [-0.3, -0.25) is 0 Å². The van der Waals surface area contributed by atoms with E-state index in [1.54, 1.807) is 0 Å². The fourth-order valence-corrected chi connectivity index (χ4v) is 1.91. The van der Waals surface area contributed by atoms with Crippen LogP contribution >= 0.6 is 0 Å². The summed E-state index contributed by atoms with van der Waals surface area (Å²) in [7, 11) is 4.19. The summed E-state index contributed by atoms with van der Waals surface area (Å²) in [5, 5.41) is 8.96. The van der Waals surface area contributed by atoms with E-state index in [-0.39, 0.29) is 0 Å². The number of aliphatic hydroxyl groups is 1. The van der Waals surface area contributed by atoms with Crippen molar-refractivity contribution in [2.24, 2.45) is 5.92 Å². The quantitative estimate of drug-likeness (QED) is 0.615.